The highest BCUT2D eigenvalue weighted by Crippen LogP contribution is 2.36. The molecule has 4 aromatic rings. The SMILES string of the molecule is Cc1cn(-c2ccc(-c3csc(Nc4c5c(nn4C(C)(C)C)CCC5)n3)cc2F)cn1. The van der Waals surface area contributed by atoms with Gasteiger partial charge in [-0.3, -0.25) is 0 Å². The van der Waals surface area contributed by atoms with Gasteiger partial charge >= 0.3 is 0 Å². The Labute approximate surface area is 184 Å². The van der Waals surface area contributed by atoms with Crippen LogP contribution in [-0.2, 0) is 18.4 Å². The average Bonchev–Trinajstić information content (AvgIpc) is 3.47. The molecule has 0 saturated heterocycles. The Balaban J connectivity index is 1.44. The standard InChI is InChI=1S/C23H25FN6S/c1-14-11-29(13-25-14)20-9-8-15(10-17(20)24)19-12-31-22(26-19)27-21-16-6-5-7-18(16)28-30(21)23(2,3)4/h8-13H,5-7H2,1-4H3,(H,26,27). The molecule has 0 saturated carbocycles. The van der Waals surface area contributed by atoms with Crippen molar-refractivity contribution in [1.82, 2.24) is 24.3 Å². The van der Waals surface area contributed by atoms with Gasteiger partial charge in [0.2, 0.25) is 0 Å². The zero-order chi connectivity index (χ0) is 21.8. The van der Waals surface area contributed by atoms with Crippen LogP contribution in [0.4, 0.5) is 15.3 Å². The summed E-state index contributed by atoms with van der Waals surface area (Å²) in [5, 5.41) is 11.1. The number of anilines is 2. The maximum absolute atomic E-state index is 14.8. The number of halogens is 1. The molecule has 1 aliphatic rings. The van der Waals surface area contributed by atoms with Crippen molar-refractivity contribution in [2.75, 3.05) is 5.32 Å². The summed E-state index contributed by atoms with van der Waals surface area (Å²) in [7, 11) is 0. The van der Waals surface area contributed by atoms with Gasteiger partial charge in [0.05, 0.1) is 34.6 Å². The maximum atomic E-state index is 14.8. The number of fused-ring (bicyclic) bond motifs is 1. The number of benzene rings is 1. The third-order valence-electron chi connectivity index (χ3n) is 5.51. The lowest BCUT2D eigenvalue weighted by atomic mass is 10.1. The number of aromatic nitrogens is 5. The van der Waals surface area contributed by atoms with Crippen LogP contribution >= 0.6 is 11.3 Å². The zero-order valence-corrected chi connectivity index (χ0v) is 18.9. The number of nitrogens with zero attached hydrogens (tertiary/aromatic N) is 5. The van der Waals surface area contributed by atoms with E-state index in [9.17, 15) is 4.39 Å². The Bertz CT molecular complexity index is 1260. The van der Waals surface area contributed by atoms with Crippen LogP contribution in [0.15, 0.2) is 36.1 Å². The number of nitrogens with one attached hydrogen (secondary N) is 1. The maximum Gasteiger partial charge on any atom is 0.188 e. The van der Waals surface area contributed by atoms with E-state index in [0.717, 1.165) is 47.2 Å². The van der Waals surface area contributed by atoms with E-state index in [-0.39, 0.29) is 11.4 Å². The monoisotopic (exact) mass is 436 g/mol. The van der Waals surface area contributed by atoms with Crippen molar-refractivity contribution in [1.29, 1.82) is 0 Å². The lowest BCUT2D eigenvalue weighted by Gasteiger charge is -2.23. The summed E-state index contributed by atoms with van der Waals surface area (Å²) >= 11 is 1.52. The Hall–Kier alpha value is -3.00. The highest BCUT2D eigenvalue weighted by molar-refractivity contribution is 7.14. The van der Waals surface area contributed by atoms with E-state index in [0.29, 0.717) is 5.69 Å². The number of hydrogen-bond donors (Lipinski definition) is 1. The highest BCUT2D eigenvalue weighted by atomic mass is 32.1. The summed E-state index contributed by atoms with van der Waals surface area (Å²) in [6.45, 7) is 8.34. The molecule has 1 aromatic carbocycles. The minimum absolute atomic E-state index is 0.128. The topological polar surface area (TPSA) is 60.6 Å². The number of imidazole rings is 1. The summed E-state index contributed by atoms with van der Waals surface area (Å²) in [4.78, 5) is 8.90. The largest absolute Gasteiger partial charge is 0.316 e. The van der Waals surface area contributed by atoms with Crippen LogP contribution in [0.1, 0.15) is 44.1 Å². The lowest BCUT2D eigenvalue weighted by Crippen LogP contribution is -2.25. The molecule has 0 unspecified atom stereocenters. The molecule has 5 rings (SSSR count). The average molecular weight is 437 g/mol. The van der Waals surface area contributed by atoms with Crippen molar-refractivity contribution in [2.24, 2.45) is 0 Å². The summed E-state index contributed by atoms with van der Waals surface area (Å²) in [5.74, 6) is 0.721. The van der Waals surface area contributed by atoms with E-state index in [1.807, 2.05) is 18.4 Å². The number of hydrogen-bond acceptors (Lipinski definition) is 5. The summed E-state index contributed by atoms with van der Waals surface area (Å²) in [6, 6.07) is 5.18. The first-order chi connectivity index (χ1) is 14.8. The molecule has 31 heavy (non-hydrogen) atoms. The minimum Gasteiger partial charge on any atom is -0.316 e. The molecule has 1 aliphatic carbocycles. The van der Waals surface area contributed by atoms with Crippen molar-refractivity contribution < 1.29 is 4.39 Å². The summed E-state index contributed by atoms with van der Waals surface area (Å²) < 4.78 is 18.5. The molecule has 0 radical (unpaired) electrons. The second-order valence-electron chi connectivity index (χ2n) is 8.96. The van der Waals surface area contributed by atoms with Gasteiger partial charge in [0.1, 0.15) is 11.6 Å². The second kappa shape index (κ2) is 7.30. The van der Waals surface area contributed by atoms with Gasteiger partial charge in [0, 0.05) is 22.7 Å². The van der Waals surface area contributed by atoms with Crippen molar-refractivity contribution in [2.45, 2.75) is 52.5 Å². The Morgan fingerprint density at radius 1 is 1.19 bits per heavy atom. The van der Waals surface area contributed by atoms with Crippen LogP contribution in [0.25, 0.3) is 16.9 Å². The summed E-state index contributed by atoms with van der Waals surface area (Å²) in [6.07, 6.45) is 6.63. The number of aryl methyl sites for hydroxylation is 2. The van der Waals surface area contributed by atoms with Crippen molar-refractivity contribution >= 4 is 22.3 Å². The fourth-order valence-electron chi connectivity index (χ4n) is 4.00. The van der Waals surface area contributed by atoms with Crippen molar-refractivity contribution in [3.8, 4) is 16.9 Å². The van der Waals surface area contributed by atoms with E-state index < -0.39 is 0 Å². The van der Waals surface area contributed by atoms with E-state index in [1.165, 1.54) is 28.7 Å². The molecule has 0 aliphatic heterocycles. The van der Waals surface area contributed by atoms with Gasteiger partial charge in [0.15, 0.2) is 5.13 Å². The Morgan fingerprint density at radius 3 is 2.74 bits per heavy atom. The van der Waals surface area contributed by atoms with Crippen LogP contribution in [0.3, 0.4) is 0 Å². The van der Waals surface area contributed by atoms with Gasteiger partial charge in [-0.25, -0.2) is 19.0 Å². The molecular weight excluding hydrogens is 411 g/mol. The van der Waals surface area contributed by atoms with Crippen LogP contribution < -0.4 is 5.32 Å². The minimum atomic E-state index is -0.305. The molecular formula is C23H25FN6S. The van der Waals surface area contributed by atoms with Gasteiger partial charge in [-0.2, -0.15) is 5.10 Å². The van der Waals surface area contributed by atoms with Crippen molar-refractivity contribution in [3.63, 3.8) is 0 Å². The van der Waals surface area contributed by atoms with Crippen LogP contribution in [0, 0.1) is 12.7 Å². The van der Waals surface area contributed by atoms with Gasteiger partial charge in [-0.05, 0) is 59.1 Å². The molecule has 3 aromatic heterocycles. The molecule has 1 N–H and O–H groups in total. The predicted octanol–water partition coefficient (Wildman–Crippen LogP) is 5.63. The van der Waals surface area contributed by atoms with E-state index in [2.05, 4.69) is 35.8 Å². The third kappa shape index (κ3) is 3.65. The molecule has 8 heteroatoms. The van der Waals surface area contributed by atoms with E-state index in [1.54, 1.807) is 23.2 Å². The quantitative estimate of drug-likeness (QED) is 0.451. The first-order valence-corrected chi connectivity index (χ1v) is 11.3. The Morgan fingerprint density at radius 2 is 2.03 bits per heavy atom. The second-order valence-corrected chi connectivity index (χ2v) is 9.82. The molecule has 0 bridgehead atoms. The predicted molar refractivity (Wildman–Crippen MR) is 122 cm³/mol. The van der Waals surface area contributed by atoms with Gasteiger partial charge in [0.25, 0.3) is 0 Å². The fraction of sp³-hybridized carbons (Fsp3) is 0.348. The van der Waals surface area contributed by atoms with Gasteiger partial charge < -0.3 is 9.88 Å². The first kappa shape index (κ1) is 19.9. The van der Waals surface area contributed by atoms with Gasteiger partial charge in [-0.15, -0.1) is 11.3 Å². The van der Waals surface area contributed by atoms with Crippen LogP contribution in [0.5, 0.6) is 0 Å². The molecule has 0 spiro atoms. The van der Waals surface area contributed by atoms with Crippen LogP contribution in [-0.4, -0.2) is 24.3 Å². The van der Waals surface area contributed by atoms with Crippen LogP contribution in [0.2, 0.25) is 0 Å². The third-order valence-corrected chi connectivity index (χ3v) is 6.26. The first-order valence-electron chi connectivity index (χ1n) is 10.4. The highest BCUT2D eigenvalue weighted by Gasteiger charge is 2.28. The molecule has 3 heterocycles. The van der Waals surface area contributed by atoms with Gasteiger partial charge in [-0.1, -0.05) is 6.07 Å². The molecule has 160 valence electrons. The molecule has 0 amide bonds. The Kier molecular flexibility index (Phi) is 4.69. The lowest BCUT2D eigenvalue weighted by molar-refractivity contribution is 0.358. The molecule has 6 nitrogen and oxygen atoms in total. The number of rotatable bonds is 4. The summed E-state index contributed by atoms with van der Waals surface area (Å²) in [5.41, 5.74) is 5.16. The normalized spacial score (nSPS) is 13.6. The fourth-order valence-corrected chi connectivity index (χ4v) is 4.72. The molecule has 0 fully saturated rings. The molecule has 0 atom stereocenters. The van der Waals surface area contributed by atoms with Crippen molar-refractivity contribution in [3.05, 3.63) is 58.9 Å². The van der Waals surface area contributed by atoms with E-state index >= 15 is 0 Å². The smallest absolute Gasteiger partial charge is 0.188 e. The van der Waals surface area contributed by atoms with E-state index in [4.69, 9.17) is 10.1 Å². The number of thiazole rings is 1. The zero-order valence-electron chi connectivity index (χ0n) is 18.1.